The summed E-state index contributed by atoms with van der Waals surface area (Å²) in [6, 6.07) is 15.7. The molecule has 0 amide bonds. The topological polar surface area (TPSA) is 49.2 Å². The van der Waals surface area contributed by atoms with Crippen LogP contribution >= 0.6 is 11.6 Å². The first-order valence-corrected chi connectivity index (χ1v) is 8.89. The summed E-state index contributed by atoms with van der Waals surface area (Å²) in [6.07, 6.45) is 0.329. The van der Waals surface area contributed by atoms with Crippen LogP contribution in [0.4, 0.5) is 0 Å². The second-order valence-corrected chi connectivity index (χ2v) is 6.10. The van der Waals surface area contributed by atoms with E-state index in [2.05, 4.69) is 10.3 Å². The molecule has 1 aromatic heterocycles. The average molecular weight is 360 g/mol. The Morgan fingerprint density at radius 2 is 1.68 bits per heavy atom. The number of halogens is 1. The van der Waals surface area contributed by atoms with E-state index in [1.54, 1.807) is 0 Å². The zero-order valence-electron chi connectivity index (χ0n) is 14.4. The molecule has 1 unspecified atom stereocenters. The van der Waals surface area contributed by atoms with E-state index in [1.807, 2.05) is 67.1 Å². The first-order chi connectivity index (χ1) is 12.2. The van der Waals surface area contributed by atoms with Gasteiger partial charge in [-0.15, -0.1) is 5.10 Å². The van der Waals surface area contributed by atoms with Crippen LogP contribution in [0, 0.1) is 0 Å². The van der Waals surface area contributed by atoms with Gasteiger partial charge in [-0.25, -0.2) is 4.68 Å². The number of para-hydroxylation sites is 1. The van der Waals surface area contributed by atoms with Gasteiger partial charge in [0.1, 0.15) is 5.52 Å². The summed E-state index contributed by atoms with van der Waals surface area (Å²) in [7, 11) is 0. The Labute approximate surface area is 152 Å². The van der Waals surface area contributed by atoms with Gasteiger partial charge in [-0.2, -0.15) is 0 Å². The van der Waals surface area contributed by atoms with E-state index in [4.69, 9.17) is 21.1 Å². The molecule has 0 saturated carbocycles. The highest BCUT2D eigenvalue weighted by Crippen LogP contribution is 2.28. The molecule has 132 valence electrons. The highest BCUT2D eigenvalue weighted by Gasteiger charge is 2.23. The smallest absolute Gasteiger partial charge is 0.159 e. The SMILES string of the molecule is CCOC(CC(c1ccc(Cl)cc1)n1nnc2ccccc21)OCC. The third-order valence-electron chi connectivity index (χ3n) is 4.05. The fourth-order valence-corrected chi connectivity index (χ4v) is 3.04. The molecule has 0 aliphatic rings. The molecular weight excluding hydrogens is 338 g/mol. The maximum absolute atomic E-state index is 6.06. The Hall–Kier alpha value is -1.95. The Morgan fingerprint density at radius 3 is 2.36 bits per heavy atom. The van der Waals surface area contributed by atoms with Crippen molar-refractivity contribution < 1.29 is 9.47 Å². The van der Waals surface area contributed by atoms with Crippen molar-refractivity contribution in [3.63, 3.8) is 0 Å². The highest BCUT2D eigenvalue weighted by molar-refractivity contribution is 6.30. The van der Waals surface area contributed by atoms with Crippen LogP contribution in [0.25, 0.3) is 11.0 Å². The summed E-state index contributed by atoms with van der Waals surface area (Å²) in [4.78, 5) is 0. The largest absolute Gasteiger partial charge is 0.353 e. The lowest BCUT2D eigenvalue weighted by atomic mass is 10.0. The Balaban J connectivity index is 2.00. The molecule has 3 rings (SSSR count). The van der Waals surface area contributed by atoms with Crippen LogP contribution < -0.4 is 0 Å². The molecular formula is C19H22ClN3O2. The predicted molar refractivity (Wildman–Crippen MR) is 98.8 cm³/mol. The van der Waals surface area contributed by atoms with Crippen LogP contribution in [0.1, 0.15) is 31.9 Å². The number of nitrogens with zero attached hydrogens (tertiary/aromatic N) is 3. The molecule has 2 aromatic carbocycles. The summed E-state index contributed by atoms with van der Waals surface area (Å²) in [6.45, 7) is 5.12. The minimum Gasteiger partial charge on any atom is -0.353 e. The van der Waals surface area contributed by atoms with Crippen molar-refractivity contribution >= 4 is 22.6 Å². The van der Waals surface area contributed by atoms with Gasteiger partial charge in [0.25, 0.3) is 0 Å². The lowest BCUT2D eigenvalue weighted by Gasteiger charge is -2.24. The highest BCUT2D eigenvalue weighted by atomic mass is 35.5. The number of benzene rings is 2. The van der Waals surface area contributed by atoms with Crippen molar-refractivity contribution in [2.45, 2.75) is 32.6 Å². The lowest BCUT2D eigenvalue weighted by molar-refractivity contribution is -0.143. The fourth-order valence-electron chi connectivity index (χ4n) is 2.92. The van der Waals surface area contributed by atoms with E-state index in [0.29, 0.717) is 24.7 Å². The van der Waals surface area contributed by atoms with Gasteiger partial charge < -0.3 is 9.47 Å². The number of aromatic nitrogens is 3. The minimum absolute atomic E-state index is 0.0623. The normalized spacial score (nSPS) is 12.8. The zero-order valence-corrected chi connectivity index (χ0v) is 15.2. The maximum atomic E-state index is 6.06. The van der Waals surface area contributed by atoms with Crippen LogP contribution in [0.15, 0.2) is 48.5 Å². The predicted octanol–water partition coefficient (Wildman–Crippen LogP) is 4.46. The number of fused-ring (bicyclic) bond motifs is 1. The second-order valence-electron chi connectivity index (χ2n) is 5.67. The molecule has 0 N–H and O–H groups in total. The summed E-state index contributed by atoms with van der Waals surface area (Å²) < 4.78 is 13.5. The van der Waals surface area contributed by atoms with E-state index in [1.165, 1.54) is 0 Å². The molecule has 1 heterocycles. The molecule has 0 saturated heterocycles. The Morgan fingerprint density at radius 1 is 1.00 bits per heavy atom. The first kappa shape index (κ1) is 17.9. The van der Waals surface area contributed by atoms with Crippen LogP contribution in [-0.4, -0.2) is 34.5 Å². The van der Waals surface area contributed by atoms with Crippen molar-refractivity contribution in [1.82, 2.24) is 15.0 Å². The van der Waals surface area contributed by atoms with Crippen molar-refractivity contribution in [3.05, 3.63) is 59.1 Å². The second kappa shape index (κ2) is 8.43. The molecule has 5 nitrogen and oxygen atoms in total. The molecule has 0 bridgehead atoms. The van der Waals surface area contributed by atoms with E-state index in [0.717, 1.165) is 16.6 Å². The van der Waals surface area contributed by atoms with Crippen LogP contribution in [0.2, 0.25) is 5.02 Å². The number of rotatable bonds is 8. The summed E-state index contributed by atoms with van der Waals surface area (Å²) in [5.74, 6) is 0. The number of hydrogen-bond acceptors (Lipinski definition) is 4. The molecule has 0 aliphatic carbocycles. The first-order valence-electron chi connectivity index (χ1n) is 8.51. The Kier molecular flexibility index (Phi) is 6.02. The van der Waals surface area contributed by atoms with Gasteiger partial charge in [-0.05, 0) is 43.7 Å². The van der Waals surface area contributed by atoms with Crippen LogP contribution in [0.3, 0.4) is 0 Å². The third kappa shape index (κ3) is 4.18. The van der Waals surface area contributed by atoms with Gasteiger partial charge in [0.05, 0.1) is 11.6 Å². The quantitative estimate of drug-likeness (QED) is 0.557. The molecule has 1 atom stereocenters. The van der Waals surface area contributed by atoms with Crippen molar-refractivity contribution in [1.29, 1.82) is 0 Å². The van der Waals surface area contributed by atoms with Gasteiger partial charge >= 0.3 is 0 Å². The van der Waals surface area contributed by atoms with E-state index >= 15 is 0 Å². The molecule has 0 fully saturated rings. The van der Waals surface area contributed by atoms with Gasteiger partial charge in [0.15, 0.2) is 6.29 Å². The number of hydrogen-bond donors (Lipinski definition) is 0. The third-order valence-corrected chi connectivity index (χ3v) is 4.30. The summed E-state index contributed by atoms with van der Waals surface area (Å²) in [5.41, 5.74) is 2.93. The molecule has 25 heavy (non-hydrogen) atoms. The van der Waals surface area contributed by atoms with Crippen molar-refractivity contribution in [2.24, 2.45) is 0 Å². The van der Waals surface area contributed by atoms with Crippen molar-refractivity contribution in [3.8, 4) is 0 Å². The van der Waals surface area contributed by atoms with Crippen LogP contribution in [0.5, 0.6) is 0 Å². The molecule has 0 radical (unpaired) electrons. The molecule has 6 heteroatoms. The fraction of sp³-hybridized carbons (Fsp3) is 0.368. The Bertz CT molecular complexity index is 798. The van der Waals surface area contributed by atoms with E-state index < -0.39 is 0 Å². The van der Waals surface area contributed by atoms with E-state index in [-0.39, 0.29) is 12.3 Å². The van der Waals surface area contributed by atoms with Crippen LogP contribution in [-0.2, 0) is 9.47 Å². The summed E-state index contributed by atoms with van der Waals surface area (Å²) >= 11 is 6.06. The zero-order chi connectivity index (χ0) is 17.6. The van der Waals surface area contributed by atoms with Gasteiger partial charge in [-0.3, -0.25) is 0 Å². The molecule has 0 spiro atoms. The minimum atomic E-state index is -0.307. The average Bonchev–Trinajstić information content (AvgIpc) is 3.05. The van der Waals surface area contributed by atoms with Crippen molar-refractivity contribution in [2.75, 3.05) is 13.2 Å². The molecule has 0 aliphatic heterocycles. The monoisotopic (exact) mass is 359 g/mol. The van der Waals surface area contributed by atoms with Gasteiger partial charge in [0, 0.05) is 24.7 Å². The molecule has 3 aromatic rings. The van der Waals surface area contributed by atoms with E-state index in [9.17, 15) is 0 Å². The maximum Gasteiger partial charge on any atom is 0.159 e. The lowest BCUT2D eigenvalue weighted by Crippen LogP contribution is -2.24. The van der Waals surface area contributed by atoms with Gasteiger partial charge in [-0.1, -0.05) is 41.1 Å². The van der Waals surface area contributed by atoms with Gasteiger partial charge in [0.2, 0.25) is 0 Å². The standard InChI is InChI=1S/C19H22ClN3O2/c1-3-24-19(25-4-2)13-18(14-9-11-15(20)12-10-14)23-17-8-6-5-7-16(17)21-22-23/h5-12,18-19H,3-4,13H2,1-2H3. The number of ether oxygens (including phenoxy) is 2. The summed E-state index contributed by atoms with van der Waals surface area (Å²) in [5, 5.41) is 9.38.